The molecule has 1 heterocycles. The second-order valence-corrected chi connectivity index (χ2v) is 13.1. The van der Waals surface area contributed by atoms with E-state index in [0.717, 1.165) is 12.8 Å². The topological polar surface area (TPSA) is 34.1 Å². The van der Waals surface area contributed by atoms with E-state index in [-0.39, 0.29) is 0 Å². The molecule has 12 heavy (non-hydrogen) atoms. The summed E-state index contributed by atoms with van der Waals surface area (Å²) in [6, 6.07) is 0. The van der Waals surface area contributed by atoms with Gasteiger partial charge in [0.2, 0.25) is 0 Å². The fourth-order valence-corrected chi connectivity index (χ4v) is 2.73. The van der Waals surface area contributed by atoms with E-state index in [0.29, 0.717) is 17.4 Å². The summed E-state index contributed by atoms with van der Waals surface area (Å²) in [5.41, 5.74) is 0. The van der Waals surface area contributed by atoms with Gasteiger partial charge >= 0.3 is 38.6 Å². The zero-order valence-corrected chi connectivity index (χ0v) is 14.9. The fourth-order valence-electron chi connectivity index (χ4n) is 1.01. The summed E-state index contributed by atoms with van der Waals surface area (Å²) in [6.07, 6.45) is 1.73. The molecule has 1 aliphatic rings. The monoisotopic (exact) mass is 420 g/mol. The van der Waals surface area contributed by atoms with Crippen LogP contribution in [0.5, 0.6) is 0 Å². The summed E-state index contributed by atoms with van der Waals surface area (Å²) >= 11 is -1.14. The molecule has 0 aromatic heterocycles. The van der Waals surface area contributed by atoms with Gasteiger partial charge in [0.15, 0.2) is 0 Å². The molecule has 0 bridgehead atoms. The summed E-state index contributed by atoms with van der Waals surface area (Å²) in [5.74, 6) is 1.44. The molecule has 6 heteroatoms. The average molecular weight is 420 g/mol. The second-order valence-electron chi connectivity index (χ2n) is 2.94. The molecule has 1 rings (SSSR count). The number of hydrogen-bond acceptors (Lipinski definition) is 2. The van der Waals surface area contributed by atoms with Crippen molar-refractivity contribution in [3.05, 3.63) is 0 Å². The number of sulfone groups is 1. The molecule has 0 saturated carbocycles. The summed E-state index contributed by atoms with van der Waals surface area (Å²) in [4.78, 5) is 0. The van der Waals surface area contributed by atoms with Crippen LogP contribution in [0, 0.1) is 5.92 Å². The van der Waals surface area contributed by atoms with Gasteiger partial charge in [-0.1, -0.05) is 6.92 Å². The molecule has 1 saturated heterocycles. The Labute approximate surface area is 93.2 Å². The maximum atomic E-state index is 10.8. The minimum absolute atomic E-state index is 0.411. The molecular formula is C6H12Cl2HgO2S. The standard InChI is InChI=1S/C6H12O2S.2ClH.Hg/c1-6-2-4-9(7,8)5-3-6;;;/h6H,2-5H2,1H3;2*1H;/q;;;+2/p-2. The van der Waals surface area contributed by atoms with Gasteiger partial charge in [-0.25, -0.2) is 8.42 Å². The van der Waals surface area contributed by atoms with Gasteiger partial charge in [0.05, 0.1) is 11.5 Å². The van der Waals surface area contributed by atoms with Crippen molar-refractivity contribution in [2.75, 3.05) is 11.5 Å². The van der Waals surface area contributed by atoms with Gasteiger partial charge in [-0.15, -0.1) is 0 Å². The van der Waals surface area contributed by atoms with Gasteiger partial charge in [0.1, 0.15) is 9.84 Å². The SMILES string of the molecule is CC1CCS(=O)(=O)CC1.[Cl][Hg][Cl]. The molecule has 0 atom stereocenters. The third kappa shape index (κ3) is 6.93. The van der Waals surface area contributed by atoms with Crippen molar-refractivity contribution < 1.29 is 30.5 Å². The number of hydrogen-bond donors (Lipinski definition) is 0. The minimum atomic E-state index is -2.62. The summed E-state index contributed by atoms with van der Waals surface area (Å²) in [6.45, 7) is 2.11. The normalized spacial score (nSPS) is 21.9. The van der Waals surface area contributed by atoms with E-state index in [4.69, 9.17) is 16.5 Å². The molecule has 0 radical (unpaired) electrons. The van der Waals surface area contributed by atoms with Gasteiger partial charge in [-0.3, -0.25) is 0 Å². The Morgan fingerprint density at radius 3 is 1.83 bits per heavy atom. The van der Waals surface area contributed by atoms with Crippen LogP contribution in [-0.2, 0) is 31.9 Å². The second kappa shape index (κ2) is 6.85. The molecule has 0 unspecified atom stereocenters. The molecule has 1 fully saturated rings. The van der Waals surface area contributed by atoms with Crippen molar-refractivity contribution in [2.24, 2.45) is 5.92 Å². The van der Waals surface area contributed by atoms with Crippen molar-refractivity contribution in [1.29, 1.82) is 0 Å². The van der Waals surface area contributed by atoms with E-state index in [1.165, 1.54) is 0 Å². The molecule has 0 amide bonds. The Hall–Kier alpha value is 1.47. The van der Waals surface area contributed by atoms with Crippen LogP contribution >= 0.6 is 16.5 Å². The quantitative estimate of drug-likeness (QED) is 0.564. The van der Waals surface area contributed by atoms with E-state index < -0.39 is 31.9 Å². The van der Waals surface area contributed by atoms with E-state index >= 15 is 0 Å². The molecule has 70 valence electrons. The Bertz CT molecular complexity index is 192. The Kier molecular flexibility index (Phi) is 7.69. The van der Waals surface area contributed by atoms with Gasteiger partial charge < -0.3 is 0 Å². The first-order valence-electron chi connectivity index (χ1n) is 3.84. The number of rotatable bonds is 0. The summed E-state index contributed by atoms with van der Waals surface area (Å²) in [5, 5.41) is 0. The van der Waals surface area contributed by atoms with Gasteiger partial charge in [-0.05, 0) is 18.8 Å². The first kappa shape index (κ1) is 13.5. The molecule has 2 nitrogen and oxygen atoms in total. The van der Waals surface area contributed by atoms with Crippen LogP contribution in [0.25, 0.3) is 0 Å². The average Bonchev–Trinajstić information content (AvgIpc) is 1.98. The third-order valence-corrected chi connectivity index (χ3v) is 3.56. The predicted octanol–water partition coefficient (Wildman–Crippen LogP) is 2.21. The molecule has 1 aliphatic heterocycles. The molecule has 0 N–H and O–H groups in total. The maximum absolute atomic E-state index is 10.8. The van der Waals surface area contributed by atoms with Gasteiger partial charge in [0, 0.05) is 0 Å². The summed E-state index contributed by atoms with van der Waals surface area (Å²) in [7, 11) is 7.36. The van der Waals surface area contributed by atoms with Crippen LogP contribution in [0.1, 0.15) is 19.8 Å². The van der Waals surface area contributed by atoms with E-state index in [9.17, 15) is 8.42 Å². The van der Waals surface area contributed by atoms with E-state index in [1.54, 1.807) is 0 Å². The van der Waals surface area contributed by atoms with E-state index in [2.05, 4.69) is 6.92 Å². The molecule has 0 aromatic carbocycles. The number of halogens is 2. The van der Waals surface area contributed by atoms with Crippen LogP contribution in [-0.4, -0.2) is 19.9 Å². The first-order chi connectivity index (χ1) is 5.52. The van der Waals surface area contributed by atoms with Crippen LogP contribution in [0.2, 0.25) is 0 Å². The molecule has 0 aliphatic carbocycles. The Morgan fingerprint density at radius 1 is 1.25 bits per heavy atom. The summed E-state index contributed by atoms with van der Waals surface area (Å²) < 4.78 is 21.6. The molecule has 0 spiro atoms. The zero-order valence-electron chi connectivity index (χ0n) is 7.09. The van der Waals surface area contributed by atoms with Crippen molar-refractivity contribution in [3.8, 4) is 0 Å². The zero-order chi connectivity index (χ0) is 9.61. The van der Waals surface area contributed by atoms with Crippen molar-refractivity contribution in [2.45, 2.75) is 19.8 Å². The molecular weight excluding hydrogens is 408 g/mol. The van der Waals surface area contributed by atoms with Gasteiger partial charge in [0.25, 0.3) is 0 Å². The van der Waals surface area contributed by atoms with Crippen LogP contribution in [0.15, 0.2) is 0 Å². The van der Waals surface area contributed by atoms with Crippen molar-refractivity contribution >= 4 is 26.3 Å². The van der Waals surface area contributed by atoms with Crippen molar-refractivity contribution in [3.63, 3.8) is 0 Å². The molecule has 0 aromatic rings. The van der Waals surface area contributed by atoms with Gasteiger partial charge in [-0.2, -0.15) is 0 Å². The van der Waals surface area contributed by atoms with Crippen LogP contribution in [0.4, 0.5) is 0 Å². The fraction of sp³-hybridized carbons (Fsp3) is 1.00. The Balaban J connectivity index is 0.000000354. The first-order valence-corrected chi connectivity index (χ1v) is 19.2. The van der Waals surface area contributed by atoms with Crippen molar-refractivity contribution in [1.82, 2.24) is 0 Å². The van der Waals surface area contributed by atoms with Crippen LogP contribution in [0.3, 0.4) is 0 Å². The van der Waals surface area contributed by atoms with Crippen LogP contribution < -0.4 is 0 Å². The predicted molar refractivity (Wildman–Crippen MR) is 48.8 cm³/mol. The Morgan fingerprint density at radius 2 is 1.58 bits per heavy atom. The third-order valence-electron chi connectivity index (χ3n) is 1.84. The van der Waals surface area contributed by atoms with E-state index in [1.807, 2.05) is 0 Å².